The number of ether oxygens (including phenoxy) is 3. The van der Waals surface area contributed by atoms with Crippen LogP contribution in [0, 0.1) is 3.57 Å². The van der Waals surface area contributed by atoms with E-state index in [1.54, 1.807) is 0 Å². The molecule has 1 amide bonds. The number of amides is 1. The van der Waals surface area contributed by atoms with Gasteiger partial charge in [-0.1, -0.05) is 0 Å². The normalized spacial score (nSPS) is 20.5. The fraction of sp³-hybridized carbons (Fsp3) is 0.300. The number of halogens is 1. The summed E-state index contributed by atoms with van der Waals surface area (Å²) in [4.78, 5) is 26.1. The minimum absolute atomic E-state index is 0.00234. The molecule has 0 aliphatic carbocycles. The molecule has 146 valence electrons. The van der Waals surface area contributed by atoms with E-state index in [1.807, 2.05) is 35.2 Å². The van der Waals surface area contributed by atoms with Crippen LogP contribution in [0.3, 0.4) is 0 Å². The summed E-state index contributed by atoms with van der Waals surface area (Å²) >= 11 is 2.20. The average molecular weight is 558 g/mol. The van der Waals surface area contributed by atoms with Gasteiger partial charge in [0.2, 0.25) is 0 Å². The molecule has 2 aliphatic heterocycles. The molecule has 2 aliphatic rings. The fourth-order valence-corrected chi connectivity index (χ4v) is 6.43. The Morgan fingerprint density at radius 1 is 1.25 bits per heavy atom. The Balaban J connectivity index is 1.61. The van der Waals surface area contributed by atoms with Gasteiger partial charge >= 0.3 is 183 Å². The second-order valence-electron chi connectivity index (χ2n) is 6.49. The fourth-order valence-electron chi connectivity index (χ4n) is 3.27. The second kappa shape index (κ2) is 8.31. The predicted octanol–water partition coefficient (Wildman–Crippen LogP) is 2.04. The van der Waals surface area contributed by atoms with Crippen molar-refractivity contribution in [3.8, 4) is 11.5 Å². The van der Waals surface area contributed by atoms with Gasteiger partial charge in [0.15, 0.2) is 0 Å². The van der Waals surface area contributed by atoms with Crippen molar-refractivity contribution < 1.29 is 23.8 Å². The Kier molecular flexibility index (Phi) is 5.80. The number of likely N-dealkylation sites (tertiary alicyclic amines) is 1. The zero-order valence-electron chi connectivity index (χ0n) is 15.1. The Labute approximate surface area is 182 Å². The van der Waals surface area contributed by atoms with Crippen LogP contribution >= 0.6 is 22.6 Å². The summed E-state index contributed by atoms with van der Waals surface area (Å²) in [5.41, 5.74) is 0.996. The first-order valence-corrected chi connectivity index (χ1v) is 11.7. The van der Waals surface area contributed by atoms with Crippen molar-refractivity contribution in [3.63, 3.8) is 0 Å². The van der Waals surface area contributed by atoms with Gasteiger partial charge in [-0.05, 0) is 0 Å². The van der Waals surface area contributed by atoms with Crippen LogP contribution in [0.1, 0.15) is 18.9 Å². The van der Waals surface area contributed by atoms with Crippen molar-refractivity contribution in [2.24, 2.45) is 0 Å². The number of hydrogen-bond donors (Lipinski definition) is 0. The number of fused-ring (bicyclic) bond motifs is 1. The number of hydrogen-bond acceptors (Lipinski definition) is 5. The van der Waals surface area contributed by atoms with Crippen molar-refractivity contribution in [2.45, 2.75) is 30.9 Å². The minimum atomic E-state index is -0.420. The molecule has 2 aromatic rings. The van der Waals surface area contributed by atoms with Crippen LogP contribution in [0.25, 0.3) is 0 Å². The summed E-state index contributed by atoms with van der Waals surface area (Å²) in [6.45, 7) is 2.05. The molecule has 0 unspecified atom stereocenters. The number of rotatable bonds is 5. The maximum atomic E-state index is 12.8. The molecule has 6 nitrogen and oxygen atoms in total. The molecule has 1 saturated heterocycles. The van der Waals surface area contributed by atoms with E-state index >= 15 is 0 Å². The zero-order chi connectivity index (χ0) is 19.7. The molecule has 2 atom stereocenters. The third kappa shape index (κ3) is 4.14. The molecule has 8 heteroatoms. The molecular weight excluding hydrogens is 540 g/mol. The van der Waals surface area contributed by atoms with Gasteiger partial charge in [-0.15, -0.1) is 0 Å². The van der Waals surface area contributed by atoms with Crippen LogP contribution in [-0.2, 0) is 20.9 Å². The summed E-state index contributed by atoms with van der Waals surface area (Å²) in [6.07, 6.45) is -0.197. The quantitative estimate of drug-likeness (QED) is 0.320. The number of esters is 1. The molecule has 0 bridgehead atoms. The van der Waals surface area contributed by atoms with Gasteiger partial charge in [0.05, 0.1) is 0 Å². The van der Waals surface area contributed by atoms with Crippen molar-refractivity contribution in [1.29, 1.82) is 0 Å². The van der Waals surface area contributed by atoms with Crippen LogP contribution in [0.2, 0.25) is 0 Å². The summed E-state index contributed by atoms with van der Waals surface area (Å²) < 4.78 is 18.6. The van der Waals surface area contributed by atoms with Crippen LogP contribution in [0.15, 0.2) is 42.5 Å². The van der Waals surface area contributed by atoms with Gasteiger partial charge in [0, 0.05) is 0 Å². The SMILES string of the molecule is CC(=O)O[C@H]1CC(=O)N(Cc2cc3c(cc2I)OCO3)[C@@H]1[Se]c1ccccc1. The molecule has 28 heavy (non-hydrogen) atoms. The molecular formula is C20H18INO5Se. The van der Waals surface area contributed by atoms with E-state index < -0.39 is 6.10 Å². The van der Waals surface area contributed by atoms with E-state index in [0.717, 1.165) is 19.3 Å². The first-order chi connectivity index (χ1) is 13.5. The van der Waals surface area contributed by atoms with Crippen LogP contribution in [0.4, 0.5) is 0 Å². The average Bonchev–Trinajstić information content (AvgIpc) is 3.21. The predicted molar refractivity (Wildman–Crippen MR) is 112 cm³/mol. The van der Waals surface area contributed by atoms with E-state index in [9.17, 15) is 9.59 Å². The Morgan fingerprint density at radius 2 is 1.96 bits per heavy atom. The molecule has 2 heterocycles. The van der Waals surface area contributed by atoms with Crippen molar-refractivity contribution in [2.75, 3.05) is 6.79 Å². The third-order valence-electron chi connectivity index (χ3n) is 4.52. The standard InChI is InChI=1S/C20H18INO5Se/c1-12(23)27-18-9-19(24)22(20(18)28-14-5-3-2-4-6-14)10-13-7-16-17(8-15(13)21)26-11-25-16/h2-8,18,20H,9-11H2,1H3/t18-,20+/m0/s1. The Bertz CT molecular complexity index is 907. The van der Waals surface area contributed by atoms with Gasteiger partial charge in [-0.25, -0.2) is 0 Å². The van der Waals surface area contributed by atoms with Crippen molar-refractivity contribution in [3.05, 3.63) is 51.6 Å². The Morgan fingerprint density at radius 3 is 2.68 bits per heavy atom. The number of benzene rings is 2. The van der Waals surface area contributed by atoms with E-state index in [2.05, 4.69) is 34.7 Å². The summed E-state index contributed by atoms with van der Waals surface area (Å²) in [5.74, 6) is 1.07. The molecule has 0 saturated carbocycles. The van der Waals surface area contributed by atoms with Crippen LogP contribution in [0.5, 0.6) is 11.5 Å². The Hall–Kier alpha value is -1.77. The number of carbonyl (C=O) groups is 2. The number of nitrogens with zero attached hydrogens (tertiary/aromatic N) is 1. The summed E-state index contributed by atoms with van der Waals surface area (Å²) in [7, 11) is 0. The van der Waals surface area contributed by atoms with Crippen molar-refractivity contribution >= 4 is 53.9 Å². The topological polar surface area (TPSA) is 65.1 Å². The monoisotopic (exact) mass is 559 g/mol. The van der Waals surface area contributed by atoms with Gasteiger partial charge in [0.1, 0.15) is 0 Å². The van der Waals surface area contributed by atoms with Crippen molar-refractivity contribution in [1.82, 2.24) is 4.90 Å². The third-order valence-corrected chi connectivity index (χ3v) is 8.34. The molecule has 0 N–H and O–H groups in total. The first kappa shape index (κ1) is 19.5. The summed E-state index contributed by atoms with van der Waals surface area (Å²) in [5, 5.41) is 0. The van der Waals surface area contributed by atoms with Gasteiger partial charge in [-0.2, -0.15) is 0 Å². The van der Waals surface area contributed by atoms with E-state index in [4.69, 9.17) is 14.2 Å². The number of carbonyl (C=O) groups excluding carboxylic acids is 2. The molecule has 0 aromatic heterocycles. The molecule has 0 radical (unpaired) electrons. The maximum absolute atomic E-state index is 12.8. The van der Waals surface area contributed by atoms with Gasteiger partial charge in [0.25, 0.3) is 0 Å². The van der Waals surface area contributed by atoms with E-state index in [0.29, 0.717) is 12.3 Å². The molecule has 4 rings (SSSR count). The van der Waals surface area contributed by atoms with E-state index in [-0.39, 0.29) is 45.0 Å². The van der Waals surface area contributed by atoms with E-state index in [1.165, 1.54) is 6.92 Å². The summed E-state index contributed by atoms with van der Waals surface area (Å²) in [6, 6.07) is 13.9. The second-order valence-corrected chi connectivity index (χ2v) is 10.2. The van der Waals surface area contributed by atoms with Crippen LogP contribution < -0.4 is 13.9 Å². The molecule has 2 aromatic carbocycles. The van der Waals surface area contributed by atoms with Gasteiger partial charge in [-0.3, -0.25) is 0 Å². The van der Waals surface area contributed by atoms with Gasteiger partial charge < -0.3 is 0 Å². The van der Waals surface area contributed by atoms with Crippen LogP contribution in [-0.4, -0.2) is 49.6 Å². The molecule has 0 spiro atoms. The molecule has 1 fully saturated rings. The first-order valence-electron chi connectivity index (χ1n) is 8.77. The zero-order valence-corrected chi connectivity index (χ0v) is 19.0.